The number of piperazine rings is 1. The summed E-state index contributed by atoms with van der Waals surface area (Å²) in [6.45, 7) is 10.6. The van der Waals surface area contributed by atoms with E-state index in [1.54, 1.807) is 0 Å². The van der Waals surface area contributed by atoms with Gasteiger partial charge in [0.05, 0.1) is 0 Å². The molecule has 6 nitrogen and oxygen atoms in total. The molecular weight excluding hydrogens is 328 g/mol. The van der Waals surface area contributed by atoms with E-state index < -0.39 is 0 Å². The van der Waals surface area contributed by atoms with Crippen molar-refractivity contribution >= 4 is 17.6 Å². The van der Waals surface area contributed by atoms with Crippen LogP contribution in [-0.4, -0.2) is 66.5 Å². The number of rotatable bonds is 3. The fourth-order valence-electron chi connectivity index (χ4n) is 3.56. The van der Waals surface area contributed by atoms with Crippen LogP contribution in [0.1, 0.15) is 32.8 Å². The smallest absolute Gasteiger partial charge is 0.317 e. The molecule has 1 aromatic carbocycles. The van der Waals surface area contributed by atoms with E-state index in [9.17, 15) is 9.59 Å². The quantitative estimate of drug-likeness (QED) is 0.900. The number of anilines is 1. The summed E-state index contributed by atoms with van der Waals surface area (Å²) in [4.78, 5) is 30.9. The van der Waals surface area contributed by atoms with E-state index >= 15 is 0 Å². The lowest BCUT2D eigenvalue weighted by molar-refractivity contribution is -0.118. The van der Waals surface area contributed by atoms with E-state index in [0.717, 1.165) is 38.3 Å². The Hall–Kier alpha value is -2.08. The number of benzene rings is 1. The lowest BCUT2D eigenvalue weighted by Crippen LogP contribution is -2.55. The highest BCUT2D eigenvalue weighted by Crippen LogP contribution is 2.27. The van der Waals surface area contributed by atoms with Crippen molar-refractivity contribution in [3.8, 4) is 0 Å². The molecule has 2 aliphatic rings. The van der Waals surface area contributed by atoms with Crippen LogP contribution in [0.15, 0.2) is 24.3 Å². The van der Waals surface area contributed by atoms with Crippen LogP contribution in [0.4, 0.5) is 10.5 Å². The zero-order valence-electron chi connectivity index (χ0n) is 16.1. The largest absolute Gasteiger partial charge is 0.333 e. The minimum Gasteiger partial charge on any atom is -0.333 e. The first-order chi connectivity index (χ1) is 12.3. The van der Waals surface area contributed by atoms with Gasteiger partial charge >= 0.3 is 6.03 Å². The summed E-state index contributed by atoms with van der Waals surface area (Å²) in [6.07, 6.45) is 1.48. The predicted octanol–water partition coefficient (Wildman–Crippen LogP) is 2.09. The highest BCUT2D eigenvalue weighted by Gasteiger charge is 2.26. The summed E-state index contributed by atoms with van der Waals surface area (Å²) >= 11 is 0. The van der Waals surface area contributed by atoms with Crippen LogP contribution in [0.5, 0.6) is 0 Å². The normalized spacial score (nSPS) is 18.0. The summed E-state index contributed by atoms with van der Waals surface area (Å²) in [5.41, 5.74) is 2.12. The molecule has 0 aromatic heterocycles. The van der Waals surface area contributed by atoms with Gasteiger partial charge in [-0.25, -0.2) is 4.79 Å². The Bertz CT molecular complexity index is 660. The zero-order chi connectivity index (χ0) is 18.7. The van der Waals surface area contributed by atoms with Crippen molar-refractivity contribution in [1.29, 1.82) is 0 Å². The second kappa shape index (κ2) is 7.66. The maximum atomic E-state index is 12.6. The summed E-state index contributed by atoms with van der Waals surface area (Å²) in [5, 5.41) is 3.01. The van der Waals surface area contributed by atoms with Crippen LogP contribution in [0.3, 0.4) is 0 Å². The van der Waals surface area contributed by atoms with E-state index in [4.69, 9.17) is 0 Å². The van der Waals surface area contributed by atoms with Crippen LogP contribution >= 0.6 is 0 Å². The van der Waals surface area contributed by atoms with Crippen molar-refractivity contribution in [3.63, 3.8) is 0 Å². The van der Waals surface area contributed by atoms with Gasteiger partial charge in [-0.3, -0.25) is 9.69 Å². The fraction of sp³-hybridized carbons (Fsp3) is 0.600. The van der Waals surface area contributed by atoms with Crippen LogP contribution in [0.25, 0.3) is 0 Å². The monoisotopic (exact) mass is 358 g/mol. The lowest BCUT2D eigenvalue weighted by atomic mass is 10.1. The first kappa shape index (κ1) is 18.7. The molecule has 0 saturated carbocycles. The molecule has 1 N–H and O–H groups in total. The Morgan fingerprint density at radius 1 is 1.04 bits per heavy atom. The highest BCUT2D eigenvalue weighted by atomic mass is 16.2. The number of carbonyl (C=O) groups is 2. The summed E-state index contributed by atoms with van der Waals surface area (Å²) in [5.74, 6) is 0.197. The molecule has 0 spiro atoms. The average Bonchev–Trinajstić information content (AvgIpc) is 3.03. The van der Waals surface area contributed by atoms with Crippen molar-refractivity contribution in [2.75, 3.05) is 44.2 Å². The van der Waals surface area contributed by atoms with Crippen molar-refractivity contribution in [1.82, 2.24) is 15.1 Å². The standard InChI is InChI=1S/C20H30N4O2/c1-20(2,3)21-19(26)23-14-12-22(13-15-23)10-9-18(25)24-11-8-16-6-4-5-7-17(16)24/h4-7H,8-15H2,1-3H3,(H,21,26). The maximum Gasteiger partial charge on any atom is 0.317 e. The Labute approximate surface area is 156 Å². The summed E-state index contributed by atoms with van der Waals surface area (Å²) in [7, 11) is 0. The molecule has 2 aliphatic heterocycles. The average molecular weight is 358 g/mol. The SMILES string of the molecule is CC(C)(C)NC(=O)N1CCN(CCC(=O)N2CCc3ccccc32)CC1. The summed E-state index contributed by atoms with van der Waals surface area (Å²) < 4.78 is 0. The van der Waals surface area contributed by atoms with E-state index in [-0.39, 0.29) is 17.5 Å². The van der Waals surface area contributed by atoms with Crippen molar-refractivity contribution in [2.24, 2.45) is 0 Å². The van der Waals surface area contributed by atoms with Gasteiger partial charge in [0.2, 0.25) is 5.91 Å². The number of para-hydroxylation sites is 1. The molecule has 6 heteroatoms. The molecule has 0 atom stereocenters. The molecule has 0 bridgehead atoms. The molecule has 0 aliphatic carbocycles. The highest BCUT2D eigenvalue weighted by molar-refractivity contribution is 5.95. The van der Waals surface area contributed by atoms with Crippen molar-refractivity contribution in [2.45, 2.75) is 39.2 Å². The molecule has 26 heavy (non-hydrogen) atoms. The van der Waals surface area contributed by atoms with Gasteiger partial charge < -0.3 is 15.1 Å². The minimum absolute atomic E-state index is 0.00176. The zero-order valence-corrected chi connectivity index (χ0v) is 16.1. The van der Waals surface area contributed by atoms with E-state index in [1.807, 2.05) is 48.8 Å². The molecule has 0 unspecified atom stereocenters. The second-order valence-corrected chi connectivity index (χ2v) is 8.18. The molecular formula is C20H30N4O2. The number of hydrogen-bond donors (Lipinski definition) is 1. The molecule has 3 rings (SSSR count). The van der Waals surface area contributed by atoms with Gasteiger partial charge in [-0.05, 0) is 38.8 Å². The van der Waals surface area contributed by atoms with Gasteiger partial charge in [-0.2, -0.15) is 0 Å². The van der Waals surface area contributed by atoms with Gasteiger partial charge in [0.25, 0.3) is 0 Å². The van der Waals surface area contributed by atoms with Crippen LogP contribution in [0, 0.1) is 0 Å². The third-order valence-electron chi connectivity index (χ3n) is 4.97. The Kier molecular flexibility index (Phi) is 5.51. The number of fused-ring (bicyclic) bond motifs is 1. The van der Waals surface area contributed by atoms with E-state index in [1.165, 1.54) is 5.56 Å². The topological polar surface area (TPSA) is 55.9 Å². The molecule has 0 radical (unpaired) electrons. The molecule has 142 valence electrons. The summed E-state index contributed by atoms with van der Waals surface area (Å²) in [6, 6.07) is 8.16. The van der Waals surface area contributed by atoms with Crippen LogP contribution in [-0.2, 0) is 11.2 Å². The molecule has 1 fully saturated rings. The molecule has 2 heterocycles. The van der Waals surface area contributed by atoms with Crippen molar-refractivity contribution < 1.29 is 9.59 Å². The van der Waals surface area contributed by atoms with E-state index in [2.05, 4.69) is 16.3 Å². The first-order valence-corrected chi connectivity index (χ1v) is 9.51. The first-order valence-electron chi connectivity index (χ1n) is 9.51. The fourth-order valence-corrected chi connectivity index (χ4v) is 3.56. The Morgan fingerprint density at radius 2 is 1.73 bits per heavy atom. The third kappa shape index (κ3) is 4.55. The Balaban J connectivity index is 1.43. The van der Waals surface area contributed by atoms with Gasteiger partial charge in [-0.1, -0.05) is 18.2 Å². The number of amides is 3. The van der Waals surface area contributed by atoms with Crippen molar-refractivity contribution in [3.05, 3.63) is 29.8 Å². The third-order valence-corrected chi connectivity index (χ3v) is 4.97. The van der Waals surface area contributed by atoms with Crippen LogP contribution < -0.4 is 10.2 Å². The lowest BCUT2D eigenvalue weighted by Gasteiger charge is -2.36. The molecule has 1 saturated heterocycles. The van der Waals surface area contributed by atoms with Gasteiger partial charge in [0, 0.05) is 56.9 Å². The second-order valence-electron chi connectivity index (χ2n) is 8.18. The van der Waals surface area contributed by atoms with E-state index in [0.29, 0.717) is 19.5 Å². The number of nitrogens with one attached hydrogen (secondary N) is 1. The van der Waals surface area contributed by atoms with Crippen LogP contribution in [0.2, 0.25) is 0 Å². The minimum atomic E-state index is -0.216. The maximum absolute atomic E-state index is 12.6. The van der Waals surface area contributed by atoms with Gasteiger partial charge in [-0.15, -0.1) is 0 Å². The van der Waals surface area contributed by atoms with Gasteiger partial charge in [0.15, 0.2) is 0 Å². The number of urea groups is 1. The number of nitrogens with zero attached hydrogens (tertiary/aromatic N) is 3. The number of carbonyl (C=O) groups excluding carboxylic acids is 2. The molecule has 3 amide bonds. The molecule has 1 aromatic rings. The van der Waals surface area contributed by atoms with Gasteiger partial charge in [0.1, 0.15) is 0 Å². The Morgan fingerprint density at radius 3 is 2.42 bits per heavy atom. The number of hydrogen-bond acceptors (Lipinski definition) is 3. The predicted molar refractivity (Wildman–Crippen MR) is 103 cm³/mol.